The second-order valence-electron chi connectivity index (χ2n) is 4.76. The van der Waals surface area contributed by atoms with Crippen LogP contribution in [0.15, 0.2) is 38.4 Å². The monoisotopic (exact) mass is 332 g/mol. The molecule has 0 saturated carbocycles. The quantitative estimate of drug-likeness (QED) is 0.633. The van der Waals surface area contributed by atoms with E-state index in [1.807, 2.05) is 38.1 Å². The number of methoxy groups -OCH3 is 1. The summed E-state index contributed by atoms with van der Waals surface area (Å²) in [7, 11) is 1.62. The molecule has 0 fully saturated rings. The zero-order valence-corrected chi connectivity index (χ0v) is 13.8. The Morgan fingerprint density at radius 3 is 2.65 bits per heavy atom. The predicted octanol–water partition coefficient (Wildman–Crippen LogP) is 3.54. The molecule has 0 aliphatic carbocycles. The number of rotatable bonds is 6. The van der Waals surface area contributed by atoms with Crippen molar-refractivity contribution in [1.82, 2.24) is 20.3 Å². The lowest BCUT2D eigenvalue weighted by atomic mass is 10.2. The lowest BCUT2D eigenvalue weighted by Crippen LogP contribution is -1.90. The Hall–Kier alpha value is -2.35. The van der Waals surface area contributed by atoms with Crippen LogP contribution in [0.5, 0.6) is 5.75 Å². The van der Waals surface area contributed by atoms with Gasteiger partial charge in [0.15, 0.2) is 5.82 Å². The average Bonchev–Trinajstić information content (AvgIpc) is 3.24. The van der Waals surface area contributed by atoms with E-state index in [0.717, 1.165) is 17.7 Å². The third-order valence-electron chi connectivity index (χ3n) is 3.17. The van der Waals surface area contributed by atoms with Gasteiger partial charge in [-0.25, -0.2) is 0 Å². The normalized spacial score (nSPS) is 12.3. The molecule has 8 heteroatoms. The molecule has 0 N–H and O–H groups in total. The lowest BCUT2D eigenvalue weighted by Gasteiger charge is -2.01. The molecule has 0 spiro atoms. The van der Waals surface area contributed by atoms with Crippen LogP contribution in [0.25, 0.3) is 11.5 Å². The van der Waals surface area contributed by atoms with E-state index in [-0.39, 0.29) is 5.25 Å². The Bertz CT molecular complexity index is 769. The molecular weight excluding hydrogens is 316 g/mol. The van der Waals surface area contributed by atoms with Crippen molar-refractivity contribution in [2.45, 2.75) is 30.7 Å². The Morgan fingerprint density at radius 1 is 1.22 bits per heavy atom. The molecule has 1 unspecified atom stereocenters. The van der Waals surface area contributed by atoms with Gasteiger partial charge in [0.05, 0.1) is 12.4 Å². The van der Waals surface area contributed by atoms with Crippen molar-refractivity contribution in [3.8, 4) is 17.2 Å². The van der Waals surface area contributed by atoms with Gasteiger partial charge in [0.25, 0.3) is 5.22 Å². The predicted molar refractivity (Wildman–Crippen MR) is 84.2 cm³/mol. The fourth-order valence-electron chi connectivity index (χ4n) is 1.89. The van der Waals surface area contributed by atoms with Gasteiger partial charge in [0.2, 0.25) is 11.8 Å². The van der Waals surface area contributed by atoms with E-state index in [1.165, 1.54) is 11.8 Å². The second kappa shape index (κ2) is 6.82. The van der Waals surface area contributed by atoms with Gasteiger partial charge in [0.1, 0.15) is 5.75 Å². The maximum absolute atomic E-state index is 5.68. The molecule has 23 heavy (non-hydrogen) atoms. The van der Waals surface area contributed by atoms with Crippen LogP contribution in [0.2, 0.25) is 0 Å². The van der Waals surface area contributed by atoms with E-state index in [9.17, 15) is 0 Å². The molecule has 3 aromatic rings. The van der Waals surface area contributed by atoms with Crippen LogP contribution < -0.4 is 4.74 Å². The van der Waals surface area contributed by atoms with E-state index >= 15 is 0 Å². The van der Waals surface area contributed by atoms with Crippen LogP contribution in [-0.2, 0) is 6.42 Å². The van der Waals surface area contributed by atoms with E-state index < -0.39 is 0 Å². The first-order valence-electron chi connectivity index (χ1n) is 7.16. The molecule has 120 valence electrons. The number of benzene rings is 1. The zero-order chi connectivity index (χ0) is 16.2. The molecule has 0 aliphatic heterocycles. The Morgan fingerprint density at radius 2 is 2.00 bits per heavy atom. The lowest BCUT2D eigenvalue weighted by molar-refractivity contribution is 0.374. The SMILES string of the molecule is CCc1noc(C(C)Sc2nnc(-c3ccc(OC)cc3)o2)n1. The number of nitrogens with zero attached hydrogens (tertiary/aromatic N) is 4. The maximum Gasteiger partial charge on any atom is 0.277 e. The van der Waals surface area contributed by atoms with Crippen molar-refractivity contribution in [1.29, 1.82) is 0 Å². The van der Waals surface area contributed by atoms with Gasteiger partial charge in [-0.15, -0.1) is 10.2 Å². The maximum atomic E-state index is 5.68. The summed E-state index contributed by atoms with van der Waals surface area (Å²) in [6.07, 6.45) is 0.739. The molecule has 0 aliphatic rings. The van der Waals surface area contributed by atoms with Crippen molar-refractivity contribution in [3.63, 3.8) is 0 Å². The van der Waals surface area contributed by atoms with Gasteiger partial charge in [0, 0.05) is 12.0 Å². The Labute approximate surface area is 137 Å². The molecule has 0 bridgehead atoms. The van der Waals surface area contributed by atoms with Crippen LogP contribution in [0.4, 0.5) is 0 Å². The van der Waals surface area contributed by atoms with Gasteiger partial charge in [-0.3, -0.25) is 0 Å². The summed E-state index contributed by atoms with van der Waals surface area (Å²) in [5, 5.41) is 12.4. The van der Waals surface area contributed by atoms with Crippen LogP contribution in [-0.4, -0.2) is 27.4 Å². The molecule has 0 saturated heterocycles. The largest absolute Gasteiger partial charge is 0.497 e. The first-order chi connectivity index (χ1) is 11.2. The smallest absolute Gasteiger partial charge is 0.277 e. The molecular formula is C15H16N4O3S. The number of aromatic nitrogens is 4. The molecule has 1 aromatic carbocycles. The second-order valence-corrected chi connectivity index (χ2v) is 6.06. The summed E-state index contributed by atoms with van der Waals surface area (Å²) in [4.78, 5) is 4.31. The van der Waals surface area contributed by atoms with Crippen LogP contribution in [0.1, 0.15) is 30.8 Å². The summed E-state index contributed by atoms with van der Waals surface area (Å²) < 4.78 is 16.0. The van der Waals surface area contributed by atoms with Gasteiger partial charge in [-0.05, 0) is 31.2 Å². The molecule has 0 radical (unpaired) electrons. The van der Waals surface area contributed by atoms with E-state index in [2.05, 4.69) is 20.3 Å². The van der Waals surface area contributed by atoms with Crippen molar-refractivity contribution in [2.24, 2.45) is 0 Å². The highest BCUT2D eigenvalue weighted by atomic mass is 32.2. The molecule has 2 heterocycles. The van der Waals surface area contributed by atoms with Gasteiger partial charge < -0.3 is 13.7 Å². The number of hydrogen-bond donors (Lipinski definition) is 0. The van der Waals surface area contributed by atoms with Crippen LogP contribution in [0.3, 0.4) is 0 Å². The number of aryl methyl sites for hydroxylation is 1. The Balaban J connectivity index is 1.70. The van der Waals surface area contributed by atoms with E-state index in [4.69, 9.17) is 13.7 Å². The van der Waals surface area contributed by atoms with E-state index in [0.29, 0.717) is 22.8 Å². The van der Waals surface area contributed by atoms with Crippen molar-refractivity contribution in [2.75, 3.05) is 7.11 Å². The Kier molecular flexibility index (Phi) is 4.61. The highest BCUT2D eigenvalue weighted by Gasteiger charge is 2.19. The molecule has 7 nitrogen and oxygen atoms in total. The fraction of sp³-hybridized carbons (Fsp3) is 0.333. The van der Waals surface area contributed by atoms with Crippen LogP contribution in [0, 0.1) is 0 Å². The standard InChI is InChI=1S/C15H16N4O3S/c1-4-12-16-13(22-19-12)9(2)23-15-18-17-14(21-15)10-5-7-11(20-3)8-6-10/h5-9H,4H2,1-3H3. The van der Waals surface area contributed by atoms with Crippen molar-refractivity contribution in [3.05, 3.63) is 36.0 Å². The highest BCUT2D eigenvalue weighted by Crippen LogP contribution is 2.34. The number of hydrogen-bond acceptors (Lipinski definition) is 8. The summed E-state index contributed by atoms with van der Waals surface area (Å²) in [5.74, 6) is 2.48. The number of thioether (sulfide) groups is 1. The van der Waals surface area contributed by atoms with E-state index in [1.54, 1.807) is 7.11 Å². The van der Waals surface area contributed by atoms with Crippen LogP contribution >= 0.6 is 11.8 Å². The molecule has 3 rings (SSSR count). The average molecular weight is 332 g/mol. The molecule has 1 atom stereocenters. The first-order valence-corrected chi connectivity index (χ1v) is 8.04. The zero-order valence-electron chi connectivity index (χ0n) is 13.0. The minimum atomic E-state index is -0.0630. The van der Waals surface area contributed by atoms with Gasteiger partial charge in [-0.1, -0.05) is 23.8 Å². The third kappa shape index (κ3) is 3.53. The minimum Gasteiger partial charge on any atom is -0.497 e. The van der Waals surface area contributed by atoms with Gasteiger partial charge >= 0.3 is 0 Å². The highest BCUT2D eigenvalue weighted by molar-refractivity contribution is 7.99. The first kappa shape index (κ1) is 15.5. The van der Waals surface area contributed by atoms with Crippen molar-refractivity contribution < 1.29 is 13.7 Å². The van der Waals surface area contributed by atoms with Gasteiger partial charge in [-0.2, -0.15) is 4.98 Å². The third-order valence-corrected chi connectivity index (χ3v) is 4.09. The van der Waals surface area contributed by atoms with Crippen molar-refractivity contribution >= 4 is 11.8 Å². The number of ether oxygens (including phenoxy) is 1. The molecule has 2 aromatic heterocycles. The fourth-order valence-corrected chi connectivity index (χ4v) is 2.60. The topological polar surface area (TPSA) is 87.1 Å². The molecule has 0 amide bonds. The summed E-state index contributed by atoms with van der Waals surface area (Å²) >= 11 is 1.38. The summed E-state index contributed by atoms with van der Waals surface area (Å²) in [6.45, 7) is 3.93. The summed E-state index contributed by atoms with van der Waals surface area (Å²) in [5.41, 5.74) is 0.837. The summed E-state index contributed by atoms with van der Waals surface area (Å²) in [6, 6.07) is 7.44. The minimum absolute atomic E-state index is 0.0630.